The lowest BCUT2D eigenvalue weighted by Gasteiger charge is -2.32. The van der Waals surface area contributed by atoms with Gasteiger partial charge in [-0.25, -0.2) is 14.4 Å². The molecule has 1 aliphatic heterocycles. The number of carbonyl (C=O) groups is 1. The average Bonchev–Trinajstić information content (AvgIpc) is 2.81. The molecule has 0 spiro atoms. The summed E-state index contributed by atoms with van der Waals surface area (Å²) in [6.07, 6.45) is 5.19. The molecular formula is C24H25FN4O2. The molecule has 1 aliphatic rings. The number of piperidine rings is 1. The van der Waals surface area contributed by atoms with Crippen LogP contribution in [0.15, 0.2) is 60.9 Å². The number of nitrogens with zero attached hydrogens (tertiary/aromatic N) is 3. The quantitative estimate of drug-likeness (QED) is 0.634. The SMILES string of the molecule is CCOc1ccc(NC(=O)[C@@H]2CCCN(c3ncc(-c4ccc(F)cc4)cn3)C2)cc1. The van der Waals surface area contributed by atoms with Crippen molar-refractivity contribution in [3.05, 3.63) is 66.7 Å². The van der Waals surface area contributed by atoms with Crippen LogP contribution < -0.4 is 15.0 Å². The minimum atomic E-state index is -0.274. The molecule has 0 radical (unpaired) electrons. The molecule has 160 valence electrons. The third kappa shape index (κ3) is 5.17. The number of nitrogens with one attached hydrogen (secondary N) is 1. The van der Waals surface area contributed by atoms with E-state index in [2.05, 4.69) is 15.3 Å². The summed E-state index contributed by atoms with van der Waals surface area (Å²) < 4.78 is 18.6. The summed E-state index contributed by atoms with van der Waals surface area (Å²) in [4.78, 5) is 23.8. The zero-order valence-corrected chi connectivity index (χ0v) is 17.4. The molecule has 31 heavy (non-hydrogen) atoms. The number of halogens is 1. The number of hydrogen-bond donors (Lipinski definition) is 1. The van der Waals surface area contributed by atoms with Crippen LogP contribution in [0, 0.1) is 11.7 Å². The first-order valence-electron chi connectivity index (χ1n) is 10.5. The number of ether oxygens (including phenoxy) is 1. The third-order valence-electron chi connectivity index (χ3n) is 5.32. The summed E-state index contributed by atoms with van der Waals surface area (Å²) >= 11 is 0. The van der Waals surface area contributed by atoms with Crippen LogP contribution in [0.5, 0.6) is 5.75 Å². The van der Waals surface area contributed by atoms with Crippen molar-refractivity contribution in [1.29, 1.82) is 0 Å². The van der Waals surface area contributed by atoms with E-state index in [-0.39, 0.29) is 17.6 Å². The maximum atomic E-state index is 13.1. The number of anilines is 2. The minimum absolute atomic E-state index is 0.00297. The maximum absolute atomic E-state index is 13.1. The molecule has 2 heterocycles. The van der Waals surface area contributed by atoms with Crippen LogP contribution in [0.25, 0.3) is 11.1 Å². The summed E-state index contributed by atoms with van der Waals surface area (Å²) in [6.45, 7) is 3.92. The molecule has 0 bridgehead atoms. The van der Waals surface area contributed by atoms with Crippen LogP contribution in [0.1, 0.15) is 19.8 Å². The van der Waals surface area contributed by atoms with Crippen molar-refractivity contribution in [2.45, 2.75) is 19.8 Å². The van der Waals surface area contributed by atoms with Gasteiger partial charge in [0.15, 0.2) is 0 Å². The lowest BCUT2D eigenvalue weighted by Crippen LogP contribution is -2.41. The molecule has 7 heteroatoms. The van der Waals surface area contributed by atoms with Gasteiger partial charge >= 0.3 is 0 Å². The number of rotatable bonds is 6. The van der Waals surface area contributed by atoms with E-state index in [4.69, 9.17) is 4.74 Å². The van der Waals surface area contributed by atoms with E-state index in [1.165, 1.54) is 12.1 Å². The van der Waals surface area contributed by atoms with Gasteiger partial charge in [-0.3, -0.25) is 4.79 Å². The maximum Gasteiger partial charge on any atom is 0.229 e. The molecule has 1 atom stereocenters. The zero-order valence-electron chi connectivity index (χ0n) is 17.4. The summed E-state index contributed by atoms with van der Waals surface area (Å²) in [6, 6.07) is 13.6. The number of benzene rings is 2. The standard InChI is InChI=1S/C24H25FN4O2/c1-2-31-22-11-9-21(10-12-22)28-23(30)18-4-3-13-29(16-18)24-26-14-19(15-27-24)17-5-7-20(25)8-6-17/h5-12,14-15,18H,2-4,13,16H2,1H3,(H,28,30)/t18-/m1/s1. The van der Waals surface area contributed by atoms with Gasteiger partial charge in [0.2, 0.25) is 11.9 Å². The predicted octanol–water partition coefficient (Wildman–Crippen LogP) is 4.54. The highest BCUT2D eigenvalue weighted by Gasteiger charge is 2.27. The first-order valence-corrected chi connectivity index (χ1v) is 10.5. The average molecular weight is 420 g/mol. The van der Waals surface area contributed by atoms with Gasteiger partial charge in [-0.15, -0.1) is 0 Å². The summed E-state index contributed by atoms with van der Waals surface area (Å²) in [5.41, 5.74) is 2.44. The molecule has 0 saturated carbocycles. The fourth-order valence-corrected chi connectivity index (χ4v) is 3.69. The Kier molecular flexibility index (Phi) is 6.40. The highest BCUT2D eigenvalue weighted by molar-refractivity contribution is 5.93. The van der Waals surface area contributed by atoms with Gasteiger partial charge in [0, 0.05) is 36.7 Å². The summed E-state index contributed by atoms with van der Waals surface area (Å²) in [5.74, 6) is 0.969. The Hall–Kier alpha value is -3.48. The topological polar surface area (TPSA) is 67.3 Å². The molecule has 0 unspecified atom stereocenters. The molecule has 0 aliphatic carbocycles. The molecular weight excluding hydrogens is 395 g/mol. The van der Waals surface area contributed by atoms with Crippen molar-refractivity contribution in [1.82, 2.24) is 9.97 Å². The van der Waals surface area contributed by atoms with Crippen molar-refractivity contribution < 1.29 is 13.9 Å². The van der Waals surface area contributed by atoms with Crippen molar-refractivity contribution in [2.75, 3.05) is 29.9 Å². The smallest absolute Gasteiger partial charge is 0.229 e. The van der Waals surface area contributed by atoms with E-state index in [0.29, 0.717) is 19.1 Å². The molecule has 1 aromatic heterocycles. The first-order chi connectivity index (χ1) is 15.1. The highest BCUT2D eigenvalue weighted by Crippen LogP contribution is 2.24. The van der Waals surface area contributed by atoms with Crippen LogP contribution >= 0.6 is 0 Å². The Bertz CT molecular complexity index is 1010. The Morgan fingerprint density at radius 3 is 2.48 bits per heavy atom. The summed E-state index contributed by atoms with van der Waals surface area (Å²) in [5, 5.41) is 3.00. The van der Waals surface area contributed by atoms with Crippen molar-refractivity contribution in [3.8, 4) is 16.9 Å². The van der Waals surface area contributed by atoms with Gasteiger partial charge < -0.3 is 15.0 Å². The monoisotopic (exact) mass is 420 g/mol. The van der Waals surface area contributed by atoms with Crippen LogP contribution in [0.4, 0.5) is 16.0 Å². The fourth-order valence-electron chi connectivity index (χ4n) is 3.69. The molecule has 6 nitrogen and oxygen atoms in total. The highest BCUT2D eigenvalue weighted by atomic mass is 19.1. The van der Waals surface area contributed by atoms with E-state index in [1.807, 2.05) is 36.1 Å². The first kappa shape index (κ1) is 20.8. The molecule has 2 aromatic carbocycles. The van der Waals surface area contributed by atoms with Crippen LogP contribution in [-0.2, 0) is 4.79 Å². The Labute approximate surface area is 181 Å². The normalized spacial score (nSPS) is 16.1. The van der Waals surface area contributed by atoms with Gasteiger partial charge in [-0.2, -0.15) is 0 Å². The minimum Gasteiger partial charge on any atom is -0.494 e. The molecule has 4 rings (SSSR count). The van der Waals surface area contributed by atoms with Crippen molar-refractivity contribution in [2.24, 2.45) is 5.92 Å². The predicted molar refractivity (Wildman–Crippen MR) is 119 cm³/mol. The van der Waals surface area contributed by atoms with Gasteiger partial charge in [0.05, 0.1) is 12.5 Å². The van der Waals surface area contributed by atoms with E-state index >= 15 is 0 Å². The third-order valence-corrected chi connectivity index (χ3v) is 5.32. The number of carbonyl (C=O) groups excluding carboxylic acids is 1. The number of hydrogen-bond acceptors (Lipinski definition) is 5. The fraction of sp³-hybridized carbons (Fsp3) is 0.292. The second-order valence-electron chi connectivity index (χ2n) is 7.51. The Balaban J connectivity index is 1.38. The van der Waals surface area contributed by atoms with Crippen LogP contribution in [0.3, 0.4) is 0 Å². The molecule has 1 N–H and O–H groups in total. The van der Waals surface area contributed by atoms with E-state index < -0.39 is 0 Å². The van der Waals surface area contributed by atoms with Crippen molar-refractivity contribution >= 4 is 17.5 Å². The van der Waals surface area contributed by atoms with E-state index in [9.17, 15) is 9.18 Å². The molecule has 1 saturated heterocycles. The van der Waals surface area contributed by atoms with Gasteiger partial charge in [-0.1, -0.05) is 12.1 Å². The second kappa shape index (κ2) is 9.55. The Morgan fingerprint density at radius 2 is 1.81 bits per heavy atom. The van der Waals surface area contributed by atoms with Crippen LogP contribution in [-0.4, -0.2) is 35.6 Å². The largest absolute Gasteiger partial charge is 0.494 e. The zero-order chi connectivity index (χ0) is 21.6. The summed E-state index contributed by atoms with van der Waals surface area (Å²) in [7, 11) is 0. The lowest BCUT2D eigenvalue weighted by atomic mass is 9.97. The molecule has 3 aromatic rings. The number of amides is 1. The second-order valence-corrected chi connectivity index (χ2v) is 7.51. The van der Waals surface area contributed by atoms with Gasteiger partial charge in [0.1, 0.15) is 11.6 Å². The molecule has 1 amide bonds. The number of aromatic nitrogens is 2. The Morgan fingerprint density at radius 1 is 1.10 bits per heavy atom. The van der Waals surface area contributed by atoms with Gasteiger partial charge in [0.25, 0.3) is 0 Å². The van der Waals surface area contributed by atoms with Crippen LogP contribution in [0.2, 0.25) is 0 Å². The lowest BCUT2D eigenvalue weighted by molar-refractivity contribution is -0.120. The molecule has 1 fully saturated rings. The van der Waals surface area contributed by atoms with Gasteiger partial charge in [-0.05, 0) is 61.7 Å². The van der Waals surface area contributed by atoms with E-state index in [0.717, 1.165) is 42.0 Å². The van der Waals surface area contributed by atoms with E-state index in [1.54, 1.807) is 24.5 Å². The van der Waals surface area contributed by atoms with Crippen molar-refractivity contribution in [3.63, 3.8) is 0 Å².